The summed E-state index contributed by atoms with van der Waals surface area (Å²) in [6.45, 7) is 3.26. The predicted molar refractivity (Wildman–Crippen MR) is 64.3 cm³/mol. The Morgan fingerprint density at radius 2 is 1.88 bits per heavy atom. The monoisotopic (exact) mass is 221 g/mol. The van der Waals surface area contributed by atoms with E-state index < -0.39 is 0 Å². The number of fused-ring (bicyclic) bond motifs is 1. The molecule has 0 saturated heterocycles. The van der Waals surface area contributed by atoms with Gasteiger partial charge in [0.2, 0.25) is 0 Å². The van der Waals surface area contributed by atoms with E-state index in [1.54, 1.807) is 14.2 Å². The average Bonchev–Trinajstić information content (AvgIpc) is 2.49. The van der Waals surface area contributed by atoms with Gasteiger partial charge in [0.1, 0.15) is 0 Å². The second-order valence-electron chi connectivity index (χ2n) is 4.19. The van der Waals surface area contributed by atoms with E-state index in [4.69, 9.17) is 9.47 Å². The molecule has 16 heavy (non-hydrogen) atoms. The average molecular weight is 221 g/mol. The van der Waals surface area contributed by atoms with Crippen molar-refractivity contribution < 1.29 is 9.47 Å². The van der Waals surface area contributed by atoms with Crippen LogP contribution in [0, 0.1) is 0 Å². The summed E-state index contributed by atoms with van der Waals surface area (Å²) in [7, 11) is 3.36. The Morgan fingerprint density at radius 1 is 1.19 bits per heavy atom. The molecule has 1 aliphatic rings. The van der Waals surface area contributed by atoms with Crippen LogP contribution in [0.15, 0.2) is 12.1 Å². The van der Waals surface area contributed by atoms with Gasteiger partial charge >= 0.3 is 0 Å². The minimum absolute atomic E-state index is 0.386. The molecule has 0 aromatic heterocycles. The van der Waals surface area contributed by atoms with E-state index in [0.29, 0.717) is 6.04 Å². The largest absolute Gasteiger partial charge is 0.493 e. The highest BCUT2D eigenvalue weighted by Crippen LogP contribution is 2.34. The normalized spacial score (nSPS) is 19.8. The fourth-order valence-corrected chi connectivity index (χ4v) is 2.26. The third-order valence-corrected chi connectivity index (χ3v) is 3.19. The second kappa shape index (κ2) is 4.74. The molecule has 3 heteroatoms. The number of benzene rings is 1. The number of ether oxygens (including phenoxy) is 2. The number of hydrogen-bond acceptors (Lipinski definition) is 3. The molecular formula is C13H19NO2. The van der Waals surface area contributed by atoms with E-state index in [2.05, 4.69) is 24.4 Å². The smallest absolute Gasteiger partial charge is 0.161 e. The van der Waals surface area contributed by atoms with Crippen LogP contribution in [0.5, 0.6) is 11.5 Å². The summed E-state index contributed by atoms with van der Waals surface area (Å²) in [5.41, 5.74) is 2.70. The molecule has 1 unspecified atom stereocenters. The molecule has 0 radical (unpaired) electrons. The molecule has 88 valence electrons. The summed E-state index contributed by atoms with van der Waals surface area (Å²) >= 11 is 0. The minimum atomic E-state index is 0.386. The predicted octanol–water partition coefficient (Wildman–Crippen LogP) is 2.30. The zero-order valence-electron chi connectivity index (χ0n) is 10.2. The van der Waals surface area contributed by atoms with Crippen molar-refractivity contribution in [3.8, 4) is 11.5 Å². The maximum absolute atomic E-state index is 5.34. The van der Waals surface area contributed by atoms with Crippen LogP contribution in [0.4, 0.5) is 0 Å². The van der Waals surface area contributed by atoms with Crippen LogP contribution >= 0.6 is 0 Å². The van der Waals surface area contributed by atoms with E-state index in [1.165, 1.54) is 17.5 Å². The fourth-order valence-electron chi connectivity index (χ4n) is 2.26. The molecule has 0 bridgehead atoms. The van der Waals surface area contributed by atoms with Crippen LogP contribution in [0.3, 0.4) is 0 Å². The zero-order valence-corrected chi connectivity index (χ0v) is 10.2. The van der Waals surface area contributed by atoms with E-state index in [0.717, 1.165) is 24.5 Å². The molecule has 1 atom stereocenters. The Kier molecular flexibility index (Phi) is 3.34. The Bertz CT molecular complexity index is 376. The molecule has 0 amide bonds. The van der Waals surface area contributed by atoms with Crippen molar-refractivity contribution in [2.75, 3.05) is 20.8 Å². The van der Waals surface area contributed by atoms with Gasteiger partial charge in [-0.2, -0.15) is 0 Å². The summed E-state index contributed by atoms with van der Waals surface area (Å²) in [6, 6.07) is 4.59. The van der Waals surface area contributed by atoms with Gasteiger partial charge in [-0.3, -0.25) is 0 Å². The summed E-state index contributed by atoms with van der Waals surface area (Å²) < 4.78 is 10.7. The van der Waals surface area contributed by atoms with Crippen LogP contribution in [0.2, 0.25) is 0 Å². The maximum atomic E-state index is 5.34. The first kappa shape index (κ1) is 11.3. The highest BCUT2D eigenvalue weighted by Gasteiger charge is 2.17. The SMILES string of the molecule is COc1cc2c(cc1OC)C(C)NCCC2. The first-order valence-corrected chi connectivity index (χ1v) is 5.74. The number of aryl methyl sites for hydroxylation is 1. The second-order valence-corrected chi connectivity index (χ2v) is 4.19. The van der Waals surface area contributed by atoms with Gasteiger partial charge < -0.3 is 14.8 Å². The van der Waals surface area contributed by atoms with Crippen LogP contribution in [0.25, 0.3) is 0 Å². The molecule has 1 heterocycles. The topological polar surface area (TPSA) is 30.5 Å². The first-order chi connectivity index (χ1) is 7.76. The van der Waals surface area contributed by atoms with Crippen LogP contribution in [0.1, 0.15) is 30.5 Å². The lowest BCUT2D eigenvalue weighted by atomic mass is 9.99. The maximum Gasteiger partial charge on any atom is 0.161 e. The number of nitrogens with one attached hydrogen (secondary N) is 1. The minimum Gasteiger partial charge on any atom is -0.493 e. The Labute approximate surface area is 96.8 Å². The van der Waals surface area contributed by atoms with E-state index in [-0.39, 0.29) is 0 Å². The standard InChI is InChI=1S/C13H19NO2/c1-9-11-8-13(16-3)12(15-2)7-10(11)5-4-6-14-9/h7-9,14H,4-6H2,1-3H3. The highest BCUT2D eigenvalue weighted by atomic mass is 16.5. The van der Waals surface area contributed by atoms with Gasteiger partial charge in [0.25, 0.3) is 0 Å². The van der Waals surface area contributed by atoms with Crippen LogP contribution in [-0.4, -0.2) is 20.8 Å². The van der Waals surface area contributed by atoms with E-state index in [1.807, 2.05) is 0 Å². The van der Waals surface area contributed by atoms with Crippen molar-refractivity contribution in [3.05, 3.63) is 23.3 Å². The molecule has 1 aliphatic heterocycles. The Balaban J connectivity index is 2.47. The zero-order chi connectivity index (χ0) is 11.5. The third kappa shape index (κ3) is 2.00. The van der Waals surface area contributed by atoms with Crippen molar-refractivity contribution >= 4 is 0 Å². The lowest BCUT2D eigenvalue weighted by Crippen LogP contribution is -2.17. The van der Waals surface area contributed by atoms with Crippen molar-refractivity contribution in [2.24, 2.45) is 0 Å². The fraction of sp³-hybridized carbons (Fsp3) is 0.538. The lowest BCUT2D eigenvalue weighted by molar-refractivity contribution is 0.353. The van der Waals surface area contributed by atoms with Crippen molar-refractivity contribution in [3.63, 3.8) is 0 Å². The van der Waals surface area contributed by atoms with Gasteiger partial charge in [-0.15, -0.1) is 0 Å². The molecule has 1 aromatic rings. The van der Waals surface area contributed by atoms with Crippen LogP contribution < -0.4 is 14.8 Å². The molecule has 2 rings (SSSR count). The number of methoxy groups -OCH3 is 2. The molecule has 0 spiro atoms. The highest BCUT2D eigenvalue weighted by molar-refractivity contribution is 5.48. The van der Waals surface area contributed by atoms with Crippen molar-refractivity contribution in [1.29, 1.82) is 0 Å². The third-order valence-electron chi connectivity index (χ3n) is 3.19. The van der Waals surface area contributed by atoms with Crippen LogP contribution in [-0.2, 0) is 6.42 Å². The quantitative estimate of drug-likeness (QED) is 0.831. The van der Waals surface area contributed by atoms with Gasteiger partial charge in [-0.05, 0) is 49.6 Å². The molecule has 1 aromatic carbocycles. The molecule has 0 fully saturated rings. The molecule has 0 aliphatic carbocycles. The summed E-state index contributed by atoms with van der Waals surface area (Å²) in [6.07, 6.45) is 2.28. The number of rotatable bonds is 2. The van der Waals surface area contributed by atoms with E-state index >= 15 is 0 Å². The molecule has 3 nitrogen and oxygen atoms in total. The van der Waals surface area contributed by atoms with Gasteiger partial charge in [-0.1, -0.05) is 0 Å². The van der Waals surface area contributed by atoms with Gasteiger partial charge in [0.05, 0.1) is 14.2 Å². The van der Waals surface area contributed by atoms with Gasteiger partial charge in [0.15, 0.2) is 11.5 Å². The molecule has 1 N–H and O–H groups in total. The number of hydrogen-bond donors (Lipinski definition) is 1. The Hall–Kier alpha value is -1.22. The lowest BCUT2D eigenvalue weighted by Gasteiger charge is -2.17. The van der Waals surface area contributed by atoms with E-state index in [9.17, 15) is 0 Å². The molecule has 0 saturated carbocycles. The first-order valence-electron chi connectivity index (χ1n) is 5.74. The van der Waals surface area contributed by atoms with Crippen molar-refractivity contribution in [2.45, 2.75) is 25.8 Å². The summed E-state index contributed by atoms with van der Waals surface area (Å²) in [4.78, 5) is 0. The Morgan fingerprint density at radius 3 is 2.56 bits per heavy atom. The molecular weight excluding hydrogens is 202 g/mol. The van der Waals surface area contributed by atoms with Crippen molar-refractivity contribution in [1.82, 2.24) is 5.32 Å². The summed E-state index contributed by atoms with van der Waals surface area (Å²) in [5.74, 6) is 1.65. The van der Waals surface area contributed by atoms with Gasteiger partial charge in [-0.25, -0.2) is 0 Å². The summed E-state index contributed by atoms with van der Waals surface area (Å²) in [5, 5.41) is 3.49. The van der Waals surface area contributed by atoms with Gasteiger partial charge in [0, 0.05) is 6.04 Å².